The van der Waals surface area contributed by atoms with Crippen LogP contribution < -0.4 is 10.2 Å². The summed E-state index contributed by atoms with van der Waals surface area (Å²) in [6.45, 7) is 9.06. The van der Waals surface area contributed by atoms with Gasteiger partial charge in [-0.05, 0) is 44.9 Å². The first-order chi connectivity index (χ1) is 11.0. The second kappa shape index (κ2) is 7.04. The number of aromatic nitrogens is 2. The summed E-state index contributed by atoms with van der Waals surface area (Å²) in [5.41, 5.74) is 2.76. The van der Waals surface area contributed by atoms with Crippen molar-refractivity contribution in [3.8, 4) is 0 Å². The van der Waals surface area contributed by atoms with Crippen LogP contribution in [0.3, 0.4) is 0 Å². The average molecular weight is 315 g/mol. The number of rotatable bonds is 6. The second-order valence-electron chi connectivity index (χ2n) is 5.27. The standard InChI is InChI=1S/C16H21N5O2/c1-5-20(6-2)16-14(21(22)23)15(17-10-18-16)19-13-9-11(3)7-8-12(13)4/h7-10H,5-6H2,1-4H3,(H,17,18,19). The van der Waals surface area contributed by atoms with Gasteiger partial charge in [-0.2, -0.15) is 0 Å². The highest BCUT2D eigenvalue weighted by atomic mass is 16.6. The van der Waals surface area contributed by atoms with E-state index in [1.54, 1.807) is 0 Å². The van der Waals surface area contributed by atoms with Crippen LogP contribution in [-0.2, 0) is 0 Å². The van der Waals surface area contributed by atoms with E-state index in [-0.39, 0.29) is 11.5 Å². The molecule has 122 valence electrons. The molecule has 0 atom stereocenters. The maximum atomic E-state index is 11.6. The Bertz CT molecular complexity index is 714. The van der Waals surface area contributed by atoms with Gasteiger partial charge in [-0.1, -0.05) is 12.1 Å². The van der Waals surface area contributed by atoms with Crippen molar-refractivity contribution in [2.75, 3.05) is 23.3 Å². The molecule has 2 rings (SSSR count). The van der Waals surface area contributed by atoms with Crippen molar-refractivity contribution in [2.45, 2.75) is 27.7 Å². The first kappa shape index (κ1) is 16.7. The SMILES string of the molecule is CCN(CC)c1ncnc(Nc2cc(C)ccc2C)c1[N+](=O)[O-]. The lowest BCUT2D eigenvalue weighted by Gasteiger charge is -2.20. The van der Waals surface area contributed by atoms with E-state index in [1.807, 2.05) is 50.8 Å². The Morgan fingerprint density at radius 1 is 1.22 bits per heavy atom. The molecule has 0 bridgehead atoms. The van der Waals surface area contributed by atoms with Crippen LogP contribution in [0.15, 0.2) is 24.5 Å². The van der Waals surface area contributed by atoms with Crippen LogP contribution in [0.25, 0.3) is 0 Å². The Labute approximate surface area is 135 Å². The fourth-order valence-electron chi connectivity index (χ4n) is 2.38. The molecule has 1 heterocycles. The Morgan fingerprint density at radius 3 is 2.52 bits per heavy atom. The van der Waals surface area contributed by atoms with Crippen LogP contribution in [0.2, 0.25) is 0 Å². The number of anilines is 3. The summed E-state index contributed by atoms with van der Waals surface area (Å²) in [5.74, 6) is 0.545. The van der Waals surface area contributed by atoms with E-state index in [4.69, 9.17) is 0 Å². The summed E-state index contributed by atoms with van der Waals surface area (Å²) in [5, 5.41) is 14.7. The van der Waals surface area contributed by atoms with Gasteiger partial charge in [0.1, 0.15) is 6.33 Å². The highest BCUT2D eigenvalue weighted by Gasteiger charge is 2.26. The lowest BCUT2D eigenvalue weighted by atomic mass is 10.1. The minimum absolute atomic E-state index is 0.0999. The molecule has 0 unspecified atom stereocenters. The topological polar surface area (TPSA) is 84.2 Å². The molecular weight excluding hydrogens is 294 g/mol. The van der Waals surface area contributed by atoms with Gasteiger partial charge in [0.25, 0.3) is 0 Å². The summed E-state index contributed by atoms with van der Waals surface area (Å²) < 4.78 is 0. The van der Waals surface area contributed by atoms with E-state index in [0.717, 1.165) is 16.8 Å². The fraction of sp³-hybridized carbons (Fsp3) is 0.375. The largest absolute Gasteiger partial charge is 0.353 e. The van der Waals surface area contributed by atoms with Crippen molar-refractivity contribution in [3.63, 3.8) is 0 Å². The molecule has 0 aliphatic carbocycles. The number of nitrogens with one attached hydrogen (secondary N) is 1. The van der Waals surface area contributed by atoms with Crippen LogP contribution in [-0.4, -0.2) is 28.0 Å². The highest BCUT2D eigenvalue weighted by Crippen LogP contribution is 2.34. The number of nitro groups is 1. The summed E-state index contributed by atoms with van der Waals surface area (Å²) in [4.78, 5) is 21.2. The van der Waals surface area contributed by atoms with Crippen molar-refractivity contribution in [1.82, 2.24) is 9.97 Å². The van der Waals surface area contributed by atoms with E-state index < -0.39 is 4.92 Å². The number of benzene rings is 1. The van der Waals surface area contributed by atoms with Gasteiger partial charge in [0.05, 0.1) is 4.92 Å². The number of hydrogen-bond donors (Lipinski definition) is 1. The van der Waals surface area contributed by atoms with Crippen molar-refractivity contribution in [3.05, 3.63) is 45.8 Å². The van der Waals surface area contributed by atoms with Gasteiger partial charge in [-0.15, -0.1) is 0 Å². The first-order valence-corrected chi connectivity index (χ1v) is 7.56. The second-order valence-corrected chi connectivity index (χ2v) is 5.27. The van der Waals surface area contributed by atoms with E-state index in [0.29, 0.717) is 18.9 Å². The van der Waals surface area contributed by atoms with Crippen molar-refractivity contribution >= 4 is 23.0 Å². The maximum Gasteiger partial charge on any atom is 0.353 e. The summed E-state index contributed by atoms with van der Waals surface area (Å²) in [6.07, 6.45) is 1.36. The molecule has 0 saturated carbocycles. The zero-order valence-electron chi connectivity index (χ0n) is 13.8. The number of nitrogens with zero attached hydrogens (tertiary/aromatic N) is 4. The van der Waals surface area contributed by atoms with Crippen molar-refractivity contribution in [1.29, 1.82) is 0 Å². The minimum Gasteiger partial charge on any atom is -0.351 e. The monoisotopic (exact) mass is 315 g/mol. The molecular formula is C16H21N5O2. The summed E-state index contributed by atoms with van der Waals surface area (Å²) >= 11 is 0. The van der Waals surface area contributed by atoms with E-state index >= 15 is 0 Å². The van der Waals surface area contributed by atoms with E-state index in [1.165, 1.54) is 6.33 Å². The van der Waals surface area contributed by atoms with Gasteiger partial charge < -0.3 is 10.2 Å². The molecule has 0 aliphatic heterocycles. The van der Waals surface area contributed by atoms with E-state index in [2.05, 4.69) is 15.3 Å². The summed E-state index contributed by atoms with van der Waals surface area (Å²) in [7, 11) is 0. The molecule has 2 aromatic rings. The molecule has 1 aromatic heterocycles. The molecule has 1 N–H and O–H groups in total. The molecule has 7 nitrogen and oxygen atoms in total. The normalized spacial score (nSPS) is 10.4. The van der Waals surface area contributed by atoms with Crippen LogP contribution in [0, 0.1) is 24.0 Å². The third-order valence-corrected chi connectivity index (χ3v) is 3.69. The summed E-state index contributed by atoms with van der Waals surface area (Å²) in [6, 6.07) is 5.91. The number of hydrogen-bond acceptors (Lipinski definition) is 6. The van der Waals surface area contributed by atoms with Gasteiger partial charge in [0.2, 0.25) is 11.6 Å². The molecule has 7 heteroatoms. The lowest BCUT2D eigenvalue weighted by molar-refractivity contribution is -0.383. The molecule has 0 radical (unpaired) electrons. The van der Waals surface area contributed by atoms with Crippen LogP contribution >= 0.6 is 0 Å². The zero-order chi connectivity index (χ0) is 17.0. The maximum absolute atomic E-state index is 11.6. The Morgan fingerprint density at radius 2 is 1.91 bits per heavy atom. The van der Waals surface area contributed by atoms with Crippen LogP contribution in [0.5, 0.6) is 0 Å². The van der Waals surface area contributed by atoms with Gasteiger partial charge in [-0.25, -0.2) is 9.97 Å². The van der Waals surface area contributed by atoms with Gasteiger partial charge in [0.15, 0.2) is 0 Å². The predicted octanol–water partition coefficient (Wildman–Crippen LogP) is 3.59. The highest BCUT2D eigenvalue weighted by molar-refractivity contribution is 5.75. The average Bonchev–Trinajstić information content (AvgIpc) is 2.52. The van der Waals surface area contributed by atoms with Crippen LogP contribution in [0.4, 0.5) is 23.0 Å². The Kier molecular flexibility index (Phi) is 5.10. The minimum atomic E-state index is -0.429. The first-order valence-electron chi connectivity index (χ1n) is 7.56. The van der Waals surface area contributed by atoms with E-state index in [9.17, 15) is 10.1 Å². The van der Waals surface area contributed by atoms with Gasteiger partial charge in [-0.3, -0.25) is 10.1 Å². The van der Waals surface area contributed by atoms with Crippen LogP contribution in [0.1, 0.15) is 25.0 Å². The number of aryl methyl sites for hydroxylation is 2. The van der Waals surface area contributed by atoms with Gasteiger partial charge in [0, 0.05) is 18.8 Å². The van der Waals surface area contributed by atoms with Gasteiger partial charge >= 0.3 is 5.69 Å². The molecule has 1 aromatic carbocycles. The molecule has 0 spiro atoms. The lowest BCUT2D eigenvalue weighted by Crippen LogP contribution is -2.24. The van der Waals surface area contributed by atoms with Crippen molar-refractivity contribution < 1.29 is 4.92 Å². The molecule has 0 amide bonds. The third-order valence-electron chi connectivity index (χ3n) is 3.69. The fourth-order valence-corrected chi connectivity index (χ4v) is 2.38. The molecule has 23 heavy (non-hydrogen) atoms. The molecule has 0 saturated heterocycles. The third kappa shape index (κ3) is 3.56. The Hall–Kier alpha value is -2.70. The molecule has 0 aliphatic rings. The predicted molar refractivity (Wildman–Crippen MR) is 91.4 cm³/mol. The smallest absolute Gasteiger partial charge is 0.351 e. The van der Waals surface area contributed by atoms with Crippen molar-refractivity contribution in [2.24, 2.45) is 0 Å². The molecule has 0 fully saturated rings. The quantitative estimate of drug-likeness (QED) is 0.648. The Balaban J connectivity index is 2.52. The zero-order valence-corrected chi connectivity index (χ0v) is 13.8.